The Balaban J connectivity index is 1.48. The molecule has 0 bridgehead atoms. The largest absolute Gasteiger partial charge is 0.491 e. The van der Waals surface area contributed by atoms with Crippen molar-refractivity contribution in [1.82, 2.24) is 15.1 Å². The van der Waals surface area contributed by atoms with Crippen molar-refractivity contribution in [3.05, 3.63) is 51.2 Å². The third-order valence-electron chi connectivity index (χ3n) is 5.60. The van der Waals surface area contributed by atoms with Crippen molar-refractivity contribution in [3.63, 3.8) is 0 Å². The van der Waals surface area contributed by atoms with Crippen molar-refractivity contribution in [2.24, 2.45) is 0 Å². The minimum atomic E-state index is -0.174. The summed E-state index contributed by atoms with van der Waals surface area (Å²) in [6.07, 6.45) is 2.74. The molecule has 2 aromatic rings. The predicted octanol–water partition coefficient (Wildman–Crippen LogP) is 4.49. The number of nitrogens with one attached hydrogen (secondary N) is 1. The van der Waals surface area contributed by atoms with Gasteiger partial charge in [-0.25, -0.2) is 4.79 Å². The van der Waals surface area contributed by atoms with Gasteiger partial charge in [-0.1, -0.05) is 11.6 Å². The average Bonchev–Trinajstić information content (AvgIpc) is 3.46. The van der Waals surface area contributed by atoms with Gasteiger partial charge in [-0.05, 0) is 74.4 Å². The topological polar surface area (TPSA) is 61.9 Å². The fourth-order valence-corrected chi connectivity index (χ4v) is 4.95. The van der Waals surface area contributed by atoms with E-state index in [2.05, 4.69) is 16.8 Å². The molecule has 31 heavy (non-hydrogen) atoms. The van der Waals surface area contributed by atoms with Crippen LogP contribution in [0.5, 0.6) is 5.75 Å². The lowest BCUT2D eigenvalue weighted by molar-refractivity contribution is -0.135. The third-order valence-corrected chi connectivity index (χ3v) is 6.85. The zero-order valence-electron chi connectivity index (χ0n) is 17.8. The number of halogens is 1. The summed E-state index contributed by atoms with van der Waals surface area (Å²) in [5, 5.41) is 5.65. The number of thiophene rings is 1. The molecule has 1 aromatic carbocycles. The first-order valence-corrected chi connectivity index (χ1v) is 12.0. The van der Waals surface area contributed by atoms with Crippen LogP contribution in [0.1, 0.15) is 43.2 Å². The molecule has 6 nitrogen and oxygen atoms in total. The van der Waals surface area contributed by atoms with Crippen LogP contribution in [0.3, 0.4) is 0 Å². The quantitative estimate of drug-likeness (QED) is 0.660. The van der Waals surface area contributed by atoms with E-state index in [9.17, 15) is 9.59 Å². The molecule has 166 valence electrons. The Labute approximate surface area is 192 Å². The van der Waals surface area contributed by atoms with Crippen LogP contribution in [0, 0.1) is 0 Å². The molecule has 1 atom stereocenters. The molecule has 3 amide bonds. The monoisotopic (exact) mass is 461 g/mol. The first-order chi connectivity index (χ1) is 14.9. The van der Waals surface area contributed by atoms with Gasteiger partial charge in [0.2, 0.25) is 5.91 Å². The molecule has 1 saturated carbocycles. The highest BCUT2D eigenvalue weighted by molar-refractivity contribution is 7.10. The third kappa shape index (κ3) is 5.33. The summed E-state index contributed by atoms with van der Waals surface area (Å²) in [5.74, 6) is 0.683. The summed E-state index contributed by atoms with van der Waals surface area (Å²) in [5.41, 5.74) is 1.14. The molecule has 1 aliphatic heterocycles. The minimum absolute atomic E-state index is 0.0348. The summed E-state index contributed by atoms with van der Waals surface area (Å²) in [6.45, 7) is 4.94. The van der Waals surface area contributed by atoms with E-state index in [0.29, 0.717) is 18.2 Å². The number of carbonyl (C=O) groups is 2. The first-order valence-electron chi connectivity index (χ1n) is 10.7. The van der Waals surface area contributed by atoms with Crippen molar-refractivity contribution >= 4 is 34.9 Å². The SMILES string of the molecule is CC(C)NC(=O)N(CC(=O)N1CCc2sccc2[C@H]1COc1ccc(Cl)cc1)C1CC1. The molecule has 0 unspecified atom stereocenters. The smallest absolute Gasteiger partial charge is 0.318 e. The molecule has 2 aliphatic rings. The summed E-state index contributed by atoms with van der Waals surface area (Å²) < 4.78 is 6.03. The van der Waals surface area contributed by atoms with Gasteiger partial charge in [0.15, 0.2) is 0 Å². The van der Waals surface area contributed by atoms with Crippen LogP contribution in [0.2, 0.25) is 5.02 Å². The number of urea groups is 1. The van der Waals surface area contributed by atoms with E-state index < -0.39 is 0 Å². The van der Waals surface area contributed by atoms with Crippen LogP contribution < -0.4 is 10.1 Å². The number of amides is 3. The van der Waals surface area contributed by atoms with Crippen molar-refractivity contribution in [2.45, 2.75) is 51.2 Å². The Hall–Kier alpha value is -2.25. The molecule has 1 fully saturated rings. The maximum Gasteiger partial charge on any atom is 0.318 e. The van der Waals surface area contributed by atoms with Gasteiger partial charge in [-0.3, -0.25) is 4.79 Å². The van der Waals surface area contributed by atoms with Crippen LogP contribution in [0.15, 0.2) is 35.7 Å². The zero-order valence-corrected chi connectivity index (χ0v) is 19.4. The number of rotatable bonds is 7. The van der Waals surface area contributed by atoms with Crippen molar-refractivity contribution < 1.29 is 14.3 Å². The lowest BCUT2D eigenvalue weighted by Gasteiger charge is -2.37. The molecular formula is C23H28ClN3O3S. The van der Waals surface area contributed by atoms with E-state index in [4.69, 9.17) is 16.3 Å². The van der Waals surface area contributed by atoms with Crippen LogP contribution in [0.25, 0.3) is 0 Å². The lowest BCUT2D eigenvalue weighted by atomic mass is 10.0. The van der Waals surface area contributed by atoms with Crippen LogP contribution in [-0.4, -0.2) is 53.5 Å². The Kier molecular flexibility index (Phi) is 6.72. The van der Waals surface area contributed by atoms with Crippen molar-refractivity contribution in [3.8, 4) is 5.75 Å². The molecule has 1 aliphatic carbocycles. The average molecular weight is 462 g/mol. The molecule has 0 spiro atoms. The number of fused-ring (bicyclic) bond motifs is 1. The number of hydrogen-bond acceptors (Lipinski definition) is 4. The number of benzene rings is 1. The zero-order chi connectivity index (χ0) is 22.0. The van der Waals surface area contributed by atoms with Gasteiger partial charge in [-0.2, -0.15) is 0 Å². The normalized spacial score (nSPS) is 17.9. The van der Waals surface area contributed by atoms with Crippen LogP contribution >= 0.6 is 22.9 Å². The van der Waals surface area contributed by atoms with Gasteiger partial charge in [0, 0.05) is 28.5 Å². The second-order valence-electron chi connectivity index (χ2n) is 8.38. The van der Waals surface area contributed by atoms with Gasteiger partial charge in [-0.15, -0.1) is 11.3 Å². The lowest BCUT2D eigenvalue weighted by Crippen LogP contribution is -2.51. The maximum atomic E-state index is 13.4. The molecule has 1 N–H and O–H groups in total. The second kappa shape index (κ2) is 9.49. The van der Waals surface area contributed by atoms with Gasteiger partial charge in [0.1, 0.15) is 18.9 Å². The highest BCUT2D eigenvalue weighted by Crippen LogP contribution is 2.35. The standard InChI is InChI=1S/C23H28ClN3O3S/c1-15(2)25-23(29)27(17-5-6-17)13-22(28)26-11-9-21-19(10-12-31-21)20(26)14-30-18-7-3-16(24)4-8-18/h3-4,7-8,10,12,15,17,20H,5-6,9,11,13-14H2,1-2H3,(H,25,29)/t20-/m1/s1. The number of ether oxygens (including phenoxy) is 1. The molecule has 4 rings (SSSR count). The Morgan fingerprint density at radius 1 is 1.26 bits per heavy atom. The Morgan fingerprint density at radius 3 is 2.68 bits per heavy atom. The Bertz CT molecular complexity index is 926. The summed E-state index contributed by atoms with van der Waals surface area (Å²) in [4.78, 5) is 30.9. The van der Waals surface area contributed by atoms with E-state index in [-0.39, 0.29) is 36.6 Å². The second-order valence-corrected chi connectivity index (χ2v) is 9.82. The fraction of sp³-hybridized carbons (Fsp3) is 0.478. The van der Waals surface area contributed by atoms with E-state index in [0.717, 1.165) is 30.6 Å². The van der Waals surface area contributed by atoms with E-state index in [1.54, 1.807) is 28.4 Å². The summed E-state index contributed by atoms with van der Waals surface area (Å²) >= 11 is 7.69. The molecule has 8 heteroatoms. The molecular weight excluding hydrogens is 434 g/mol. The Morgan fingerprint density at radius 2 is 2.00 bits per heavy atom. The van der Waals surface area contributed by atoms with Crippen LogP contribution in [0.4, 0.5) is 4.79 Å². The predicted molar refractivity (Wildman–Crippen MR) is 123 cm³/mol. The van der Waals surface area contributed by atoms with Gasteiger partial charge < -0.3 is 19.9 Å². The van der Waals surface area contributed by atoms with E-state index in [1.165, 1.54) is 4.88 Å². The first kappa shape index (κ1) is 22.0. The van der Waals surface area contributed by atoms with Crippen molar-refractivity contribution in [1.29, 1.82) is 0 Å². The molecule has 0 saturated heterocycles. The van der Waals surface area contributed by atoms with Gasteiger partial charge >= 0.3 is 6.03 Å². The van der Waals surface area contributed by atoms with Gasteiger partial charge in [0.25, 0.3) is 0 Å². The van der Waals surface area contributed by atoms with E-state index in [1.807, 2.05) is 30.9 Å². The summed E-state index contributed by atoms with van der Waals surface area (Å²) in [6, 6.07) is 9.18. The van der Waals surface area contributed by atoms with E-state index >= 15 is 0 Å². The minimum Gasteiger partial charge on any atom is -0.491 e. The van der Waals surface area contributed by atoms with Crippen LogP contribution in [-0.2, 0) is 11.2 Å². The van der Waals surface area contributed by atoms with Gasteiger partial charge in [0.05, 0.1) is 6.04 Å². The molecule has 2 heterocycles. The number of carbonyl (C=O) groups excluding carboxylic acids is 2. The maximum absolute atomic E-state index is 13.4. The number of hydrogen-bond donors (Lipinski definition) is 1. The summed E-state index contributed by atoms with van der Waals surface area (Å²) in [7, 11) is 0. The molecule has 0 radical (unpaired) electrons. The highest BCUT2D eigenvalue weighted by Gasteiger charge is 2.38. The van der Waals surface area contributed by atoms with Crippen molar-refractivity contribution in [2.75, 3.05) is 19.7 Å². The fourth-order valence-electron chi connectivity index (χ4n) is 3.90. The highest BCUT2D eigenvalue weighted by atomic mass is 35.5. The number of nitrogens with zero attached hydrogens (tertiary/aromatic N) is 2. The molecule has 1 aromatic heterocycles.